The molecule has 4 rings (SSSR count). The fourth-order valence-electron chi connectivity index (χ4n) is 3.69. The SMILES string of the molecule is Cc1c(CC[c-]2cc(C)c3ccccc32)[cH-]c2ccccc12.[Cl-].[Cl-].[Zr+4]. The number of benzene rings is 2. The third kappa shape index (κ3) is 4.11. The van der Waals surface area contributed by atoms with Gasteiger partial charge in [0.1, 0.15) is 0 Å². The molecular weight excluding hydrogens is 426 g/mol. The minimum atomic E-state index is 0. The van der Waals surface area contributed by atoms with Gasteiger partial charge in [-0.15, -0.1) is 81.2 Å². The molecule has 4 aromatic carbocycles. The van der Waals surface area contributed by atoms with E-state index in [-0.39, 0.29) is 51.0 Å². The van der Waals surface area contributed by atoms with E-state index in [0.717, 1.165) is 12.8 Å². The largest absolute Gasteiger partial charge is 4.00 e. The zero-order valence-corrected chi connectivity index (χ0v) is 18.4. The van der Waals surface area contributed by atoms with Crippen molar-refractivity contribution in [2.75, 3.05) is 0 Å². The van der Waals surface area contributed by atoms with Gasteiger partial charge in [0.2, 0.25) is 0 Å². The van der Waals surface area contributed by atoms with Crippen molar-refractivity contribution in [3.63, 3.8) is 0 Å². The van der Waals surface area contributed by atoms with Crippen molar-refractivity contribution in [1.82, 2.24) is 0 Å². The molecule has 0 saturated heterocycles. The van der Waals surface area contributed by atoms with Crippen LogP contribution in [0.15, 0.2) is 60.7 Å². The van der Waals surface area contributed by atoms with E-state index in [4.69, 9.17) is 0 Å². The minimum absolute atomic E-state index is 0. The van der Waals surface area contributed by atoms with Crippen LogP contribution < -0.4 is 24.8 Å². The Morgan fingerprint density at radius 3 is 2.24 bits per heavy atom. The predicted molar refractivity (Wildman–Crippen MR) is 96.0 cm³/mol. The first-order chi connectivity index (χ1) is 10.7. The second kappa shape index (κ2) is 9.17. The third-order valence-electron chi connectivity index (χ3n) is 4.93. The van der Waals surface area contributed by atoms with E-state index in [9.17, 15) is 0 Å². The van der Waals surface area contributed by atoms with Crippen molar-refractivity contribution in [3.8, 4) is 0 Å². The maximum absolute atomic E-state index is 2.36. The number of hydrogen-bond donors (Lipinski definition) is 0. The normalized spacial score (nSPS) is 10.2. The maximum Gasteiger partial charge on any atom is 4.00 e. The molecule has 0 amide bonds. The van der Waals surface area contributed by atoms with E-state index in [1.807, 2.05) is 0 Å². The molecule has 0 N–H and O–H groups in total. The van der Waals surface area contributed by atoms with Crippen molar-refractivity contribution in [1.29, 1.82) is 0 Å². The maximum atomic E-state index is 2.36. The van der Waals surface area contributed by atoms with Gasteiger partial charge in [0.05, 0.1) is 0 Å². The van der Waals surface area contributed by atoms with Gasteiger partial charge in [0.15, 0.2) is 0 Å². The van der Waals surface area contributed by atoms with Gasteiger partial charge in [-0.2, -0.15) is 11.1 Å². The first kappa shape index (κ1) is 22.2. The molecule has 3 heteroatoms. The van der Waals surface area contributed by atoms with Crippen LogP contribution in [0.5, 0.6) is 0 Å². The molecule has 0 aliphatic rings. The van der Waals surface area contributed by atoms with Crippen LogP contribution in [0.3, 0.4) is 0 Å². The minimum Gasteiger partial charge on any atom is -1.00 e. The molecule has 4 aromatic rings. The topological polar surface area (TPSA) is 0 Å². The predicted octanol–water partition coefficient (Wildman–Crippen LogP) is -0.162. The fourth-order valence-corrected chi connectivity index (χ4v) is 3.69. The Morgan fingerprint density at radius 2 is 1.52 bits per heavy atom. The molecule has 0 aliphatic carbocycles. The van der Waals surface area contributed by atoms with E-state index < -0.39 is 0 Å². The zero-order chi connectivity index (χ0) is 15.1. The van der Waals surface area contributed by atoms with Gasteiger partial charge >= 0.3 is 26.2 Å². The summed E-state index contributed by atoms with van der Waals surface area (Å²) in [6, 6.07) is 22.2. The summed E-state index contributed by atoms with van der Waals surface area (Å²) in [5.41, 5.74) is 5.82. The van der Waals surface area contributed by atoms with Gasteiger partial charge in [-0.05, 0) is 6.42 Å². The molecule has 0 saturated carbocycles. The van der Waals surface area contributed by atoms with Crippen molar-refractivity contribution in [3.05, 3.63) is 82.9 Å². The van der Waals surface area contributed by atoms with E-state index in [1.54, 1.807) is 0 Å². The molecule has 0 fully saturated rings. The van der Waals surface area contributed by atoms with Crippen LogP contribution in [0.2, 0.25) is 0 Å². The standard InChI is InChI=1S/C22H20.2ClH.Zr/c1-15-13-19(22-10-6-5-8-20(15)22)12-11-17-14-18-7-3-4-9-21(18)16(17)2;;;/h3-10,13-14H,11-12H2,1-2H3;2*1H;/q-2;;;+4/p-2. The molecule has 126 valence electrons. The first-order valence-electron chi connectivity index (χ1n) is 8.02. The molecule has 0 nitrogen and oxygen atoms in total. The number of fused-ring (bicyclic) bond motifs is 2. The van der Waals surface area contributed by atoms with E-state index in [0.29, 0.717) is 0 Å². The second-order valence-electron chi connectivity index (χ2n) is 6.28. The van der Waals surface area contributed by atoms with Gasteiger partial charge in [0, 0.05) is 0 Å². The monoisotopic (exact) mass is 444 g/mol. The van der Waals surface area contributed by atoms with Gasteiger partial charge in [-0.1, -0.05) is 32.4 Å². The second-order valence-corrected chi connectivity index (χ2v) is 6.28. The van der Waals surface area contributed by atoms with Crippen LogP contribution in [0.1, 0.15) is 22.3 Å². The van der Waals surface area contributed by atoms with Gasteiger partial charge in [-0.3, -0.25) is 0 Å². The molecule has 0 radical (unpaired) electrons. The smallest absolute Gasteiger partial charge is 1.00 e. The summed E-state index contributed by atoms with van der Waals surface area (Å²) in [6.45, 7) is 4.47. The molecule has 0 unspecified atom stereocenters. The van der Waals surface area contributed by atoms with E-state index >= 15 is 0 Å². The average Bonchev–Trinajstić information content (AvgIpc) is 3.04. The first-order valence-corrected chi connectivity index (χ1v) is 8.02. The van der Waals surface area contributed by atoms with Crippen LogP contribution in [-0.2, 0) is 39.0 Å². The van der Waals surface area contributed by atoms with Crippen LogP contribution >= 0.6 is 0 Å². The summed E-state index contributed by atoms with van der Waals surface area (Å²) >= 11 is 0. The van der Waals surface area contributed by atoms with Crippen molar-refractivity contribution in [2.24, 2.45) is 0 Å². The van der Waals surface area contributed by atoms with E-state index in [1.165, 1.54) is 43.8 Å². The Labute approximate surface area is 181 Å². The molecule has 0 atom stereocenters. The average molecular weight is 447 g/mol. The number of rotatable bonds is 3. The van der Waals surface area contributed by atoms with Crippen LogP contribution in [0.4, 0.5) is 0 Å². The molecular formula is C22H20Cl2Zr. The zero-order valence-electron chi connectivity index (χ0n) is 14.4. The van der Waals surface area contributed by atoms with Crippen LogP contribution in [-0.4, -0.2) is 0 Å². The van der Waals surface area contributed by atoms with Crippen LogP contribution in [0.25, 0.3) is 21.5 Å². The summed E-state index contributed by atoms with van der Waals surface area (Å²) in [5, 5.41) is 5.61. The fraction of sp³-hybridized carbons (Fsp3) is 0.182. The number of aryl methyl sites for hydroxylation is 4. The Kier molecular flexibility index (Phi) is 8.13. The Balaban J connectivity index is 0.00000104. The van der Waals surface area contributed by atoms with Crippen LogP contribution in [0, 0.1) is 13.8 Å². The molecule has 0 heterocycles. The number of halogens is 2. The summed E-state index contributed by atoms with van der Waals surface area (Å²) in [7, 11) is 0. The quantitative estimate of drug-likeness (QED) is 0.384. The Bertz CT molecular complexity index is 963. The van der Waals surface area contributed by atoms with Crippen molar-refractivity contribution < 1.29 is 51.0 Å². The number of hydrogen-bond acceptors (Lipinski definition) is 0. The molecule has 0 spiro atoms. The summed E-state index contributed by atoms with van der Waals surface area (Å²) in [4.78, 5) is 0. The molecule has 0 aliphatic heterocycles. The molecule has 0 bridgehead atoms. The molecule has 0 aromatic heterocycles. The Hall–Kier alpha value is -0.877. The third-order valence-corrected chi connectivity index (χ3v) is 4.93. The van der Waals surface area contributed by atoms with Gasteiger partial charge in [-0.25, -0.2) is 0 Å². The summed E-state index contributed by atoms with van der Waals surface area (Å²) in [5.74, 6) is 0. The van der Waals surface area contributed by atoms with Crippen molar-refractivity contribution >= 4 is 21.5 Å². The Morgan fingerprint density at radius 1 is 0.880 bits per heavy atom. The molecule has 25 heavy (non-hydrogen) atoms. The van der Waals surface area contributed by atoms with Crippen molar-refractivity contribution in [2.45, 2.75) is 26.7 Å². The summed E-state index contributed by atoms with van der Waals surface area (Å²) in [6.07, 6.45) is 2.24. The summed E-state index contributed by atoms with van der Waals surface area (Å²) < 4.78 is 0. The van der Waals surface area contributed by atoms with Gasteiger partial charge in [0.25, 0.3) is 0 Å². The van der Waals surface area contributed by atoms with Gasteiger partial charge < -0.3 is 24.8 Å². The van der Waals surface area contributed by atoms with E-state index in [2.05, 4.69) is 74.5 Å².